The summed E-state index contributed by atoms with van der Waals surface area (Å²) in [5.41, 5.74) is 1.54. The van der Waals surface area contributed by atoms with Crippen LogP contribution in [0.2, 0.25) is 0 Å². The molecule has 0 aromatic carbocycles. The molecule has 20 heavy (non-hydrogen) atoms. The number of aromatic nitrogens is 2. The standard InChI is InChI=1S/C12H12F3N3OS/c1-7-5-9(10(19)17-6-12(13,14)15)8(2)18(7)11-16-3-4-20-11/h3-5H,6H2,1-2H3,(H,17,19). The summed E-state index contributed by atoms with van der Waals surface area (Å²) >= 11 is 1.39. The number of nitrogens with zero attached hydrogens (tertiary/aromatic N) is 2. The summed E-state index contributed by atoms with van der Waals surface area (Å²) in [6, 6.07) is 1.56. The predicted octanol–water partition coefficient (Wildman–Crippen LogP) is 2.84. The van der Waals surface area contributed by atoms with Crippen LogP contribution in [0.15, 0.2) is 17.6 Å². The third kappa shape index (κ3) is 3.01. The summed E-state index contributed by atoms with van der Waals surface area (Å²) in [5, 5.41) is 4.34. The topological polar surface area (TPSA) is 46.9 Å². The van der Waals surface area contributed by atoms with Gasteiger partial charge >= 0.3 is 6.18 Å². The highest BCUT2D eigenvalue weighted by Crippen LogP contribution is 2.22. The SMILES string of the molecule is Cc1cc(C(=O)NCC(F)(F)F)c(C)n1-c1nccs1. The van der Waals surface area contributed by atoms with Gasteiger partial charge in [-0.05, 0) is 19.9 Å². The normalized spacial score (nSPS) is 11.7. The average Bonchev–Trinajstić information content (AvgIpc) is 2.93. The van der Waals surface area contributed by atoms with Gasteiger partial charge < -0.3 is 5.32 Å². The van der Waals surface area contributed by atoms with Gasteiger partial charge in [-0.1, -0.05) is 0 Å². The number of thiazole rings is 1. The summed E-state index contributed by atoms with van der Waals surface area (Å²) in [7, 11) is 0. The van der Waals surface area contributed by atoms with Crippen molar-refractivity contribution in [2.24, 2.45) is 0 Å². The van der Waals surface area contributed by atoms with Crippen molar-refractivity contribution in [3.05, 3.63) is 34.6 Å². The maximum absolute atomic E-state index is 12.1. The number of amides is 1. The molecule has 0 bridgehead atoms. The first-order valence-corrected chi connectivity index (χ1v) is 6.61. The number of nitrogens with one attached hydrogen (secondary N) is 1. The first-order valence-electron chi connectivity index (χ1n) is 5.73. The van der Waals surface area contributed by atoms with Crippen LogP contribution in [0.4, 0.5) is 13.2 Å². The van der Waals surface area contributed by atoms with Crippen molar-refractivity contribution in [1.29, 1.82) is 0 Å². The summed E-state index contributed by atoms with van der Waals surface area (Å²) in [4.78, 5) is 15.9. The molecular weight excluding hydrogens is 291 g/mol. The molecule has 2 aromatic heterocycles. The third-order valence-electron chi connectivity index (χ3n) is 2.74. The van der Waals surface area contributed by atoms with Crippen LogP contribution in [0, 0.1) is 13.8 Å². The number of aryl methyl sites for hydroxylation is 1. The molecule has 2 heterocycles. The van der Waals surface area contributed by atoms with Crippen LogP contribution in [0.3, 0.4) is 0 Å². The van der Waals surface area contributed by atoms with Crippen molar-refractivity contribution in [2.75, 3.05) is 6.54 Å². The highest BCUT2D eigenvalue weighted by atomic mass is 32.1. The van der Waals surface area contributed by atoms with Crippen molar-refractivity contribution in [3.63, 3.8) is 0 Å². The largest absolute Gasteiger partial charge is 0.405 e. The summed E-state index contributed by atoms with van der Waals surface area (Å²) in [6.07, 6.45) is -2.79. The van der Waals surface area contributed by atoms with Gasteiger partial charge in [0, 0.05) is 23.0 Å². The fourth-order valence-corrected chi connectivity index (χ4v) is 2.64. The van der Waals surface area contributed by atoms with E-state index in [1.807, 2.05) is 5.32 Å². The van der Waals surface area contributed by atoms with E-state index >= 15 is 0 Å². The molecule has 0 spiro atoms. The van der Waals surface area contributed by atoms with Gasteiger partial charge in [0.1, 0.15) is 6.54 Å². The Bertz CT molecular complexity index is 617. The van der Waals surface area contributed by atoms with Gasteiger partial charge in [-0.2, -0.15) is 13.2 Å². The maximum Gasteiger partial charge on any atom is 0.405 e. The fraction of sp³-hybridized carbons (Fsp3) is 0.333. The zero-order chi connectivity index (χ0) is 14.9. The van der Waals surface area contributed by atoms with Crippen LogP contribution < -0.4 is 5.32 Å². The van der Waals surface area contributed by atoms with Crippen LogP contribution in [0.1, 0.15) is 21.7 Å². The Morgan fingerprint density at radius 1 is 1.45 bits per heavy atom. The average molecular weight is 303 g/mol. The number of hydrogen-bond acceptors (Lipinski definition) is 3. The van der Waals surface area contributed by atoms with E-state index in [-0.39, 0.29) is 5.56 Å². The lowest BCUT2D eigenvalue weighted by molar-refractivity contribution is -0.123. The van der Waals surface area contributed by atoms with Crippen molar-refractivity contribution >= 4 is 17.2 Å². The second-order valence-corrected chi connectivity index (χ2v) is 5.11. The van der Waals surface area contributed by atoms with Gasteiger partial charge in [-0.3, -0.25) is 9.36 Å². The molecule has 8 heteroatoms. The number of carbonyl (C=O) groups is 1. The van der Waals surface area contributed by atoms with E-state index in [1.165, 1.54) is 11.3 Å². The van der Waals surface area contributed by atoms with Gasteiger partial charge in [0.15, 0.2) is 5.13 Å². The quantitative estimate of drug-likeness (QED) is 0.948. The first-order chi connectivity index (χ1) is 9.29. The van der Waals surface area contributed by atoms with Crippen LogP contribution in [0.5, 0.6) is 0 Å². The van der Waals surface area contributed by atoms with E-state index in [4.69, 9.17) is 0 Å². The molecule has 0 saturated heterocycles. The Balaban J connectivity index is 2.26. The lowest BCUT2D eigenvalue weighted by Crippen LogP contribution is -2.33. The maximum atomic E-state index is 12.1. The summed E-state index contributed by atoms with van der Waals surface area (Å²) < 4.78 is 38.1. The van der Waals surface area contributed by atoms with Crippen molar-refractivity contribution in [3.8, 4) is 5.13 Å². The minimum absolute atomic E-state index is 0.224. The lowest BCUT2D eigenvalue weighted by atomic mass is 10.2. The van der Waals surface area contributed by atoms with Crippen LogP contribution in [0.25, 0.3) is 5.13 Å². The Morgan fingerprint density at radius 2 is 2.15 bits per heavy atom. The van der Waals surface area contributed by atoms with Crippen molar-refractivity contribution in [1.82, 2.24) is 14.9 Å². The number of rotatable bonds is 3. The number of carbonyl (C=O) groups excluding carboxylic acids is 1. The number of alkyl halides is 3. The molecule has 108 valence electrons. The monoisotopic (exact) mass is 303 g/mol. The first kappa shape index (κ1) is 14.6. The summed E-state index contributed by atoms with van der Waals surface area (Å²) in [5.74, 6) is -0.738. The van der Waals surface area contributed by atoms with Gasteiger partial charge in [-0.25, -0.2) is 4.98 Å². The second kappa shape index (κ2) is 5.28. The van der Waals surface area contributed by atoms with E-state index < -0.39 is 18.6 Å². The molecule has 0 aliphatic rings. The predicted molar refractivity (Wildman–Crippen MR) is 69.3 cm³/mol. The molecule has 0 aliphatic heterocycles. The zero-order valence-electron chi connectivity index (χ0n) is 10.8. The number of hydrogen-bond donors (Lipinski definition) is 1. The molecule has 2 aromatic rings. The fourth-order valence-electron chi connectivity index (χ4n) is 1.89. The Morgan fingerprint density at radius 3 is 2.70 bits per heavy atom. The Kier molecular flexibility index (Phi) is 3.85. The van der Waals surface area contributed by atoms with E-state index in [0.29, 0.717) is 10.8 Å². The molecule has 4 nitrogen and oxygen atoms in total. The highest BCUT2D eigenvalue weighted by molar-refractivity contribution is 7.12. The Labute approximate surface area is 117 Å². The van der Waals surface area contributed by atoms with Crippen molar-refractivity contribution < 1.29 is 18.0 Å². The number of halogens is 3. The highest BCUT2D eigenvalue weighted by Gasteiger charge is 2.28. The molecule has 1 amide bonds. The molecule has 0 saturated carbocycles. The molecule has 0 fully saturated rings. The smallest absolute Gasteiger partial charge is 0.343 e. The van der Waals surface area contributed by atoms with E-state index in [1.54, 1.807) is 36.1 Å². The molecule has 0 atom stereocenters. The Hall–Kier alpha value is -1.83. The molecule has 2 rings (SSSR count). The van der Waals surface area contributed by atoms with Crippen LogP contribution in [-0.2, 0) is 0 Å². The zero-order valence-corrected chi connectivity index (χ0v) is 11.6. The molecule has 0 unspecified atom stereocenters. The molecule has 1 N–H and O–H groups in total. The third-order valence-corrected chi connectivity index (χ3v) is 3.49. The van der Waals surface area contributed by atoms with E-state index in [2.05, 4.69) is 4.98 Å². The molecule has 0 radical (unpaired) electrons. The van der Waals surface area contributed by atoms with Gasteiger partial charge in [0.25, 0.3) is 5.91 Å². The minimum atomic E-state index is -4.42. The van der Waals surface area contributed by atoms with E-state index in [0.717, 1.165) is 5.69 Å². The minimum Gasteiger partial charge on any atom is -0.343 e. The van der Waals surface area contributed by atoms with Crippen LogP contribution >= 0.6 is 11.3 Å². The van der Waals surface area contributed by atoms with Gasteiger partial charge in [0.2, 0.25) is 0 Å². The summed E-state index contributed by atoms with van der Waals surface area (Å²) in [6.45, 7) is 2.11. The second-order valence-electron chi connectivity index (χ2n) is 4.23. The van der Waals surface area contributed by atoms with Gasteiger partial charge in [0.05, 0.1) is 5.56 Å². The molecular formula is C12H12F3N3OS. The van der Waals surface area contributed by atoms with Crippen molar-refractivity contribution in [2.45, 2.75) is 20.0 Å². The molecule has 0 aliphatic carbocycles. The van der Waals surface area contributed by atoms with Gasteiger partial charge in [-0.15, -0.1) is 11.3 Å². The van der Waals surface area contributed by atoms with E-state index in [9.17, 15) is 18.0 Å². The lowest BCUT2D eigenvalue weighted by Gasteiger charge is -2.08. The van der Waals surface area contributed by atoms with Crippen LogP contribution in [-0.4, -0.2) is 28.2 Å².